The third-order valence-electron chi connectivity index (χ3n) is 4.73. The SMILES string of the molecule is C=CC[N+](C)(CCCCN)C(=O)CCCCCCCCCCC.[Cl-]. The van der Waals surface area contributed by atoms with E-state index >= 15 is 0 Å². The Kier molecular flexibility index (Phi) is 18.8. The minimum Gasteiger partial charge on any atom is -1.00 e. The van der Waals surface area contributed by atoms with Crippen LogP contribution in [0.5, 0.6) is 0 Å². The second-order valence-corrected chi connectivity index (χ2v) is 7.06. The Morgan fingerprint density at radius 1 is 0.958 bits per heavy atom. The van der Waals surface area contributed by atoms with E-state index < -0.39 is 0 Å². The second kappa shape index (κ2) is 17.4. The smallest absolute Gasteiger partial charge is 0.313 e. The van der Waals surface area contributed by atoms with Crippen LogP contribution in [0.15, 0.2) is 12.7 Å². The first-order chi connectivity index (χ1) is 11.1. The standard InChI is InChI=1S/C20H41N2O.ClH/c1-4-6-7-8-9-10-11-12-13-16-20(23)22(3,18-5-2)19-15-14-17-21;/h5H,2,4,6-19,21H2,1,3H3;1H/q+1;/p-1. The van der Waals surface area contributed by atoms with Crippen LogP contribution in [0.25, 0.3) is 0 Å². The number of carbonyl (C=O) groups is 1. The maximum absolute atomic E-state index is 12.5. The van der Waals surface area contributed by atoms with E-state index in [2.05, 4.69) is 13.5 Å². The molecule has 24 heavy (non-hydrogen) atoms. The third-order valence-corrected chi connectivity index (χ3v) is 4.73. The Balaban J connectivity index is 0. The number of amides is 1. The molecule has 0 fully saturated rings. The number of likely N-dealkylation sites (N-methyl/N-ethyl adjacent to an activating group) is 1. The van der Waals surface area contributed by atoms with E-state index in [4.69, 9.17) is 5.73 Å². The van der Waals surface area contributed by atoms with E-state index in [0.29, 0.717) is 23.4 Å². The summed E-state index contributed by atoms with van der Waals surface area (Å²) in [4.78, 5) is 12.5. The number of hydrogen-bond acceptors (Lipinski definition) is 2. The fraction of sp³-hybridized carbons (Fsp3) is 0.850. The minimum absolute atomic E-state index is 0. The summed E-state index contributed by atoms with van der Waals surface area (Å²) in [7, 11) is 2.05. The van der Waals surface area contributed by atoms with E-state index in [1.807, 2.05) is 13.1 Å². The Bertz CT molecular complexity index is 310. The fourth-order valence-corrected chi connectivity index (χ4v) is 3.06. The Morgan fingerprint density at radius 3 is 2.00 bits per heavy atom. The lowest BCUT2D eigenvalue weighted by Gasteiger charge is -2.30. The van der Waals surface area contributed by atoms with Crippen LogP contribution >= 0.6 is 0 Å². The van der Waals surface area contributed by atoms with Crippen molar-refractivity contribution in [1.82, 2.24) is 0 Å². The number of nitrogens with zero attached hydrogens (tertiary/aromatic N) is 1. The van der Waals surface area contributed by atoms with E-state index in [0.717, 1.165) is 32.4 Å². The summed E-state index contributed by atoms with van der Waals surface area (Å²) in [6, 6.07) is 0. The van der Waals surface area contributed by atoms with Crippen LogP contribution in [0.1, 0.15) is 84.0 Å². The zero-order chi connectivity index (χ0) is 17.4. The molecule has 0 saturated carbocycles. The number of halogens is 1. The predicted molar refractivity (Wildman–Crippen MR) is 101 cm³/mol. The van der Waals surface area contributed by atoms with Crippen molar-refractivity contribution in [2.75, 3.05) is 26.7 Å². The van der Waals surface area contributed by atoms with Crippen LogP contribution in [-0.4, -0.2) is 37.1 Å². The van der Waals surface area contributed by atoms with Gasteiger partial charge in [0, 0.05) is 0 Å². The quantitative estimate of drug-likeness (QED) is 0.259. The lowest BCUT2D eigenvalue weighted by Crippen LogP contribution is -3.00. The Hall–Kier alpha value is -0.380. The van der Waals surface area contributed by atoms with Gasteiger partial charge >= 0.3 is 5.91 Å². The summed E-state index contributed by atoms with van der Waals surface area (Å²) in [6.07, 6.45) is 16.2. The molecule has 0 aromatic carbocycles. The van der Waals surface area contributed by atoms with Gasteiger partial charge in [-0.1, -0.05) is 64.9 Å². The van der Waals surface area contributed by atoms with Crippen molar-refractivity contribution < 1.29 is 21.7 Å². The zero-order valence-electron chi connectivity index (χ0n) is 16.2. The first kappa shape index (κ1) is 25.9. The lowest BCUT2D eigenvalue weighted by atomic mass is 10.1. The number of hydrogen-bond donors (Lipinski definition) is 1. The molecule has 1 amide bonds. The molecule has 0 radical (unpaired) electrons. The molecule has 0 bridgehead atoms. The van der Waals surface area contributed by atoms with Crippen molar-refractivity contribution in [1.29, 1.82) is 0 Å². The van der Waals surface area contributed by atoms with Crippen LogP contribution < -0.4 is 18.1 Å². The molecule has 0 aromatic rings. The van der Waals surface area contributed by atoms with Crippen molar-refractivity contribution >= 4 is 5.91 Å². The molecule has 2 N–H and O–H groups in total. The van der Waals surface area contributed by atoms with Gasteiger partial charge in [-0.05, 0) is 31.9 Å². The maximum Gasteiger partial charge on any atom is 0.313 e. The highest BCUT2D eigenvalue weighted by Gasteiger charge is 2.28. The predicted octanol–water partition coefficient (Wildman–Crippen LogP) is 1.81. The minimum atomic E-state index is 0. The first-order valence-electron chi connectivity index (χ1n) is 9.79. The third kappa shape index (κ3) is 13.0. The van der Waals surface area contributed by atoms with Crippen LogP contribution in [0.4, 0.5) is 0 Å². The van der Waals surface area contributed by atoms with E-state index in [1.54, 1.807) is 0 Å². The molecule has 0 heterocycles. The van der Waals surface area contributed by atoms with Crippen molar-refractivity contribution in [2.24, 2.45) is 5.73 Å². The summed E-state index contributed by atoms with van der Waals surface area (Å²) in [5.74, 6) is 0.366. The number of carbonyl (C=O) groups excluding carboxylic acids is 1. The van der Waals surface area contributed by atoms with E-state index in [-0.39, 0.29) is 12.4 Å². The number of quaternary nitrogens is 1. The van der Waals surface area contributed by atoms with Crippen LogP contribution in [-0.2, 0) is 4.79 Å². The molecular formula is C20H41ClN2O. The average Bonchev–Trinajstić information content (AvgIpc) is 2.53. The van der Waals surface area contributed by atoms with Crippen molar-refractivity contribution in [2.45, 2.75) is 84.0 Å². The highest BCUT2D eigenvalue weighted by molar-refractivity contribution is 5.68. The van der Waals surface area contributed by atoms with Crippen LogP contribution in [0.3, 0.4) is 0 Å². The summed E-state index contributed by atoms with van der Waals surface area (Å²) >= 11 is 0. The van der Waals surface area contributed by atoms with Gasteiger partial charge in [-0.25, -0.2) is 4.79 Å². The molecule has 0 spiro atoms. The second-order valence-electron chi connectivity index (χ2n) is 7.06. The molecule has 0 aliphatic carbocycles. The molecule has 144 valence electrons. The summed E-state index contributed by atoms with van der Waals surface area (Å²) in [5, 5.41) is 0. The Morgan fingerprint density at radius 2 is 1.50 bits per heavy atom. The highest BCUT2D eigenvalue weighted by Crippen LogP contribution is 2.14. The molecule has 0 aromatic heterocycles. The molecule has 4 heteroatoms. The van der Waals surface area contributed by atoms with Crippen molar-refractivity contribution in [3.63, 3.8) is 0 Å². The molecule has 0 rings (SSSR count). The van der Waals surface area contributed by atoms with Crippen molar-refractivity contribution in [3.8, 4) is 0 Å². The average molecular weight is 361 g/mol. The normalized spacial score (nSPS) is 13.1. The van der Waals surface area contributed by atoms with Gasteiger partial charge in [0.1, 0.15) is 6.54 Å². The van der Waals surface area contributed by atoms with Gasteiger partial charge in [-0.2, -0.15) is 0 Å². The van der Waals surface area contributed by atoms with Gasteiger partial charge in [0.15, 0.2) is 0 Å². The largest absolute Gasteiger partial charge is 1.00 e. The first-order valence-corrected chi connectivity index (χ1v) is 9.79. The van der Waals surface area contributed by atoms with Gasteiger partial charge in [0.05, 0.1) is 20.0 Å². The maximum atomic E-state index is 12.5. The van der Waals surface area contributed by atoms with Gasteiger partial charge in [-0.3, -0.25) is 4.48 Å². The summed E-state index contributed by atoms with van der Waals surface area (Å²) < 4.78 is 0.501. The molecule has 0 aliphatic rings. The zero-order valence-corrected chi connectivity index (χ0v) is 17.0. The van der Waals surface area contributed by atoms with Gasteiger partial charge in [-0.15, -0.1) is 0 Å². The van der Waals surface area contributed by atoms with E-state index in [1.165, 1.54) is 51.4 Å². The van der Waals surface area contributed by atoms with E-state index in [9.17, 15) is 4.79 Å². The molecular weight excluding hydrogens is 320 g/mol. The fourth-order valence-electron chi connectivity index (χ4n) is 3.06. The number of unbranched alkanes of at least 4 members (excludes halogenated alkanes) is 9. The molecule has 0 aliphatic heterocycles. The molecule has 0 saturated heterocycles. The monoisotopic (exact) mass is 360 g/mol. The molecule has 3 nitrogen and oxygen atoms in total. The van der Waals surface area contributed by atoms with Crippen molar-refractivity contribution in [3.05, 3.63) is 12.7 Å². The lowest BCUT2D eigenvalue weighted by molar-refractivity contribution is -0.829. The van der Waals surface area contributed by atoms with Gasteiger partial charge < -0.3 is 18.1 Å². The number of rotatable bonds is 16. The Labute approximate surface area is 157 Å². The number of nitrogens with two attached hydrogens (primary N) is 1. The van der Waals surface area contributed by atoms with Gasteiger partial charge in [0.25, 0.3) is 0 Å². The summed E-state index contributed by atoms with van der Waals surface area (Å²) in [6.45, 7) is 8.40. The molecule has 1 unspecified atom stereocenters. The van der Waals surface area contributed by atoms with Crippen LogP contribution in [0.2, 0.25) is 0 Å². The summed E-state index contributed by atoms with van der Waals surface area (Å²) in [5.41, 5.74) is 5.56. The highest BCUT2D eigenvalue weighted by atomic mass is 35.5. The van der Waals surface area contributed by atoms with Gasteiger partial charge in [0.2, 0.25) is 0 Å². The topological polar surface area (TPSA) is 43.1 Å². The van der Waals surface area contributed by atoms with Crippen LogP contribution in [0, 0.1) is 0 Å². The molecule has 1 atom stereocenters.